The number of ether oxygens (including phenoxy) is 1. The lowest BCUT2D eigenvalue weighted by molar-refractivity contribution is 0.0208. The number of hydrogen-bond donors (Lipinski definition) is 0. The molecule has 0 aromatic carbocycles. The Morgan fingerprint density at radius 2 is 2.07 bits per heavy atom. The predicted octanol–water partition coefficient (Wildman–Crippen LogP) is 2.26. The van der Waals surface area contributed by atoms with Gasteiger partial charge in [0.2, 0.25) is 0 Å². The first kappa shape index (κ1) is 9.81. The van der Waals surface area contributed by atoms with Crippen LogP contribution in [0.5, 0.6) is 0 Å². The molecule has 0 unspecified atom stereocenters. The second-order valence-corrected chi connectivity index (χ2v) is 5.53. The maximum absolute atomic E-state index is 11.7. The first-order chi connectivity index (χ1) is 6.38. The van der Waals surface area contributed by atoms with Crippen molar-refractivity contribution in [1.29, 1.82) is 0 Å². The lowest BCUT2D eigenvalue weighted by Crippen LogP contribution is -2.40. The molecule has 1 aliphatic carbocycles. The minimum absolute atomic E-state index is 0.141. The molecule has 1 amide bonds. The second-order valence-electron chi connectivity index (χ2n) is 5.53. The van der Waals surface area contributed by atoms with E-state index in [1.807, 2.05) is 25.7 Å². The van der Waals surface area contributed by atoms with E-state index in [9.17, 15) is 4.79 Å². The molecule has 0 bridgehead atoms. The lowest BCUT2D eigenvalue weighted by Gasteiger charge is -2.28. The van der Waals surface area contributed by atoms with E-state index in [1.54, 1.807) is 0 Å². The average Bonchev–Trinajstić information content (AvgIpc) is 2.68. The van der Waals surface area contributed by atoms with Crippen LogP contribution in [0.1, 0.15) is 34.1 Å². The zero-order valence-electron chi connectivity index (χ0n) is 9.41. The van der Waals surface area contributed by atoms with Crippen molar-refractivity contribution < 1.29 is 9.53 Å². The first-order valence-electron chi connectivity index (χ1n) is 5.38. The van der Waals surface area contributed by atoms with E-state index < -0.39 is 0 Å². The Bertz CT molecular complexity index is 257. The highest BCUT2D eigenvalue weighted by molar-refractivity contribution is 5.69. The van der Waals surface area contributed by atoms with E-state index >= 15 is 0 Å². The summed E-state index contributed by atoms with van der Waals surface area (Å²) in [4.78, 5) is 13.6. The van der Waals surface area contributed by atoms with E-state index in [2.05, 4.69) is 6.92 Å². The van der Waals surface area contributed by atoms with Crippen LogP contribution in [-0.4, -0.2) is 29.2 Å². The van der Waals surface area contributed by atoms with Crippen LogP contribution in [0.25, 0.3) is 0 Å². The number of amides is 1. The largest absolute Gasteiger partial charge is 0.444 e. The van der Waals surface area contributed by atoms with E-state index in [0.717, 1.165) is 18.4 Å². The lowest BCUT2D eigenvalue weighted by atomic mass is 10.2. The third-order valence-corrected chi connectivity index (χ3v) is 3.15. The number of nitrogens with zero attached hydrogens (tertiary/aromatic N) is 1. The van der Waals surface area contributed by atoms with Crippen molar-refractivity contribution in [3.05, 3.63) is 0 Å². The molecule has 1 saturated heterocycles. The molecule has 1 aliphatic heterocycles. The third-order valence-electron chi connectivity index (χ3n) is 3.15. The third kappa shape index (κ3) is 1.72. The fraction of sp³-hybridized carbons (Fsp3) is 0.909. The van der Waals surface area contributed by atoms with Gasteiger partial charge >= 0.3 is 6.09 Å². The molecule has 2 fully saturated rings. The minimum Gasteiger partial charge on any atom is -0.444 e. The van der Waals surface area contributed by atoms with Crippen molar-refractivity contribution in [2.24, 2.45) is 11.8 Å². The summed E-state index contributed by atoms with van der Waals surface area (Å²) in [5.41, 5.74) is -0.371. The molecule has 3 atom stereocenters. The zero-order valence-corrected chi connectivity index (χ0v) is 9.41. The van der Waals surface area contributed by atoms with Crippen molar-refractivity contribution in [3.63, 3.8) is 0 Å². The summed E-state index contributed by atoms with van der Waals surface area (Å²) in [6.45, 7) is 8.76. The van der Waals surface area contributed by atoms with Crippen LogP contribution >= 0.6 is 0 Å². The Kier molecular flexibility index (Phi) is 2.02. The van der Waals surface area contributed by atoms with Crippen LogP contribution in [0, 0.1) is 11.8 Å². The maximum atomic E-state index is 11.7. The van der Waals surface area contributed by atoms with Gasteiger partial charge in [-0.15, -0.1) is 0 Å². The normalized spacial score (nSPS) is 35.4. The highest BCUT2D eigenvalue weighted by atomic mass is 16.6. The summed E-state index contributed by atoms with van der Waals surface area (Å²) in [7, 11) is 0. The van der Waals surface area contributed by atoms with Crippen molar-refractivity contribution in [3.8, 4) is 0 Å². The highest BCUT2D eigenvalue weighted by Gasteiger charge is 2.52. The minimum atomic E-state index is -0.371. The number of piperidine rings is 1. The van der Waals surface area contributed by atoms with Crippen molar-refractivity contribution in [1.82, 2.24) is 4.90 Å². The Hall–Kier alpha value is -0.730. The second kappa shape index (κ2) is 2.88. The molecular weight excluding hydrogens is 178 g/mol. The molecule has 80 valence electrons. The van der Waals surface area contributed by atoms with Crippen LogP contribution in [0.3, 0.4) is 0 Å². The number of rotatable bonds is 0. The molecule has 1 heterocycles. The summed E-state index contributed by atoms with van der Waals surface area (Å²) in [5, 5.41) is 0. The van der Waals surface area contributed by atoms with Gasteiger partial charge in [0.05, 0.1) is 0 Å². The topological polar surface area (TPSA) is 29.5 Å². The molecule has 14 heavy (non-hydrogen) atoms. The fourth-order valence-electron chi connectivity index (χ4n) is 2.28. The summed E-state index contributed by atoms with van der Waals surface area (Å²) >= 11 is 0. The molecule has 0 aromatic rings. The number of carbonyl (C=O) groups excluding carboxylic acids is 1. The van der Waals surface area contributed by atoms with Crippen LogP contribution < -0.4 is 0 Å². The number of fused-ring (bicyclic) bond motifs is 1. The van der Waals surface area contributed by atoms with Gasteiger partial charge in [0.1, 0.15) is 5.60 Å². The average molecular weight is 197 g/mol. The van der Waals surface area contributed by atoms with Gasteiger partial charge in [0, 0.05) is 12.6 Å². The fourth-order valence-corrected chi connectivity index (χ4v) is 2.28. The van der Waals surface area contributed by atoms with Crippen molar-refractivity contribution in [2.45, 2.75) is 45.8 Å². The SMILES string of the molecule is C[C@H]1[C@H]2C[C@H]2CN1C(=O)OC(C)(C)C. The molecule has 0 aromatic heterocycles. The highest BCUT2D eigenvalue weighted by Crippen LogP contribution is 2.49. The molecule has 0 spiro atoms. The number of hydrogen-bond acceptors (Lipinski definition) is 2. The smallest absolute Gasteiger partial charge is 0.410 e. The molecule has 1 saturated carbocycles. The van der Waals surface area contributed by atoms with Gasteiger partial charge in [-0.1, -0.05) is 0 Å². The van der Waals surface area contributed by atoms with Gasteiger partial charge < -0.3 is 9.64 Å². The van der Waals surface area contributed by atoms with Crippen molar-refractivity contribution in [2.75, 3.05) is 6.54 Å². The maximum Gasteiger partial charge on any atom is 0.410 e. The molecule has 3 nitrogen and oxygen atoms in total. The van der Waals surface area contributed by atoms with Gasteiger partial charge in [-0.25, -0.2) is 4.79 Å². The number of carbonyl (C=O) groups is 1. The summed E-state index contributed by atoms with van der Waals surface area (Å²) < 4.78 is 5.35. The van der Waals surface area contributed by atoms with Gasteiger partial charge in [0.15, 0.2) is 0 Å². The Morgan fingerprint density at radius 1 is 1.43 bits per heavy atom. The van der Waals surface area contributed by atoms with Crippen molar-refractivity contribution >= 4 is 6.09 Å². The summed E-state index contributed by atoms with van der Waals surface area (Å²) in [6.07, 6.45) is 1.16. The monoisotopic (exact) mass is 197 g/mol. The summed E-state index contributed by atoms with van der Waals surface area (Å²) in [6, 6.07) is 0.384. The van der Waals surface area contributed by atoms with E-state index in [1.165, 1.54) is 6.42 Å². The van der Waals surface area contributed by atoms with Crippen LogP contribution in [-0.2, 0) is 4.74 Å². The van der Waals surface area contributed by atoms with Gasteiger partial charge in [0.25, 0.3) is 0 Å². The molecule has 2 rings (SSSR count). The zero-order chi connectivity index (χ0) is 10.5. The van der Waals surface area contributed by atoms with Gasteiger partial charge in [-0.3, -0.25) is 0 Å². The first-order valence-corrected chi connectivity index (χ1v) is 5.38. The predicted molar refractivity (Wildman–Crippen MR) is 54.0 cm³/mol. The van der Waals surface area contributed by atoms with Gasteiger partial charge in [-0.05, 0) is 46.0 Å². The van der Waals surface area contributed by atoms with Crippen LogP contribution in [0.4, 0.5) is 4.79 Å². The summed E-state index contributed by atoms with van der Waals surface area (Å²) in [5.74, 6) is 1.51. The standard InChI is InChI=1S/C11H19NO2/c1-7-9-5-8(9)6-12(7)10(13)14-11(2,3)4/h7-9H,5-6H2,1-4H3/t7-,8-,9+/m0/s1. The van der Waals surface area contributed by atoms with Gasteiger partial charge in [-0.2, -0.15) is 0 Å². The van der Waals surface area contributed by atoms with E-state index in [0.29, 0.717) is 6.04 Å². The van der Waals surface area contributed by atoms with E-state index in [4.69, 9.17) is 4.74 Å². The Labute approximate surface area is 85.4 Å². The quantitative estimate of drug-likeness (QED) is 0.596. The molecule has 0 radical (unpaired) electrons. The van der Waals surface area contributed by atoms with Crippen LogP contribution in [0.2, 0.25) is 0 Å². The molecular formula is C11H19NO2. The molecule has 3 heteroatoms. The molecule has 2 aliphatic rings. The molecule has 0 N–H and O–H groups in total. The Morgan fingerprint density at radius 3 is 2.50 bits per heavy atom. The van der Waals surface area contributed by atoms with E-state index in [-0.39, 0.29) is 11.7 Å². The van der Waals surface area contributed by atoms with Crippen LogP contribution in [0.15, 0.2) is 0 Å². The Balaban J connectivity index is 1.93. The number of likely N-dealkylation sites (tertiary alicyclic amines) is 1.